The highest BCUT2D eigenvalue weighted by molar-refractivity contribution is 7.89. The zero-order valence-corrected chi connectivity index (χ0v) is 15.4. The largest absolute Gasteiger partial charge is 0.338 e. The number of hydrogen-bond acceptors (Lipinski definition) is 3. The van der Waals surface area contributed by atoms with Gasteiger partial charge in [-0.3, -0.25) is 4.79 Å². The molecule has 0 unspecified atom stereocenters. The molecule has 0 fully saturated rings. The van der Waals surface area contributed by atoms with Gasteiger partial charge in [-0.2, -0.15) is 0 Å². The molecule has 0 spiro atoms. The topological polar surface area (TPSA) is 82.2 Å². The lowest BCUT2D eigenvalue weighted by Gasteiger charge is -2.10. The summed E-state index contributed by atoms with van der Waals surface area (Å²) in [7, 11) is -4.01. The summed E-state index contributed by atoms with van der Waals surface area (Å²) >= 11 is 5.91. The van der Waals surface area contributed by atoms with Crippen LogP contribution in [-0.4, -0.2) is 18.8 Å². The molecule has 130 valence electrons. The van der Waals surface area contributed by atoms with Crippen molar-refractivity contribution in [3.8, 4) is 0 Å². The SMILES string of the molecule is CCn1c(C(=O)c2ccc(Cl)c(S(N)(=O)=O)c2)c(C)c2ccccc21. The zero-order valence-electron chi connectivity index (χ0n) is 13.8. The van der Waals surface area contributed by atoms with Gasteiger partial charge in [0.1, 0.15) is 4.90 Å². The molecule has 2 aromatic carbocycles. The second-order valence-electron chi connectivity index (χ2n) is 5.75. The molecule has 0 amide bonds. The Balaban J connectivity index is 2.24. The Bertz CT molecular complexity index is 1100. The Morgan fingerprint density at radius 2 is 1.88 bits per heavy atom. The summed E-state index contributed by atoms with van der Waals surface area (Å²) in [6.45, 7) is 4.46. The third-order valence-corrected chi connectivity index (χ3v) is 5.65. The molecule has 7 heteroatoms. The summed E-state index contributed by atoms with van der Waals surface area (Å²) in [6, 6.07) is 11.9. The van der Waals surface area contributed by atoms with Crippen LogP contribution in [0.25, 0.3) is 10.9 Å². The van der Waals surface area contributed by atoms with E-state index in [4.69, 9.17) is 16.7 Å². The van der Waals surface area contributed by atoms with Gasteiger partial charge in [0, 0.05) is 23.0 Å². The van der Waals surface area contributed by atoms with E-state index in [2.05, 4.69) is 0 Å². The highest BCUT2D eigenvalue weighted by Crippen LogP contribution is 2.29. The zero-order chi connectivity index (χ0) is 18.4. The summed E-state index contributed by atoms with van der Waals surface area (Å²) in [5.74, 6) is -0.267. The van der Waals surface area contributed by atoms with Gasteiger partial charge in [-0.05, 0) is 43.7 Å². The number of carbonyl (C=O) groups is 1. The summed E-state index contributed by atoms with van der Waals surface area (Å²) in [6.07, 6.45) is 0. The number of nitrogens with two attached hydrogens (primary N) is 1. The first-order chi connectivity index (χ1) is 11.8. The molecule has 0 aliphatic carbocycles. The van der Waals surface area contributed by atoms with Crippen molar-refractivity contribution >= 4 is 38.3 Å². The Labute approximate surface area is 151 Å². The van der Waals surface area contributed by atoms with Gasteiger partial charge in [0.05, 0.1) is 10.7 Å². The molecule has 1 heterocycles. The summed E-state index contributed by atoms with van der Waals surface area (Å²) in [5.41, 5.74) is 2.58. The molecule has 5 nitrogen and oxygen atoms in total. The standard InChI is InChI=1S/C18H17ClN2O3S/c1-3-21-15-7-5-4-6-13(15)11(2)17(21)18(22)12-8-9-14(19)16(10-12)25(20,23)24/h4-10H,3H2,1-2H3,(H2,20,23,24). The van der Waals surface area contributed by atoms with E-state index < -0.39 is 10.0 Å². The fourth-order valence-corrected chi connectivity index (χ4v) is 4.17. The first kappa shape index (κ1) is 17.7. The first-order valence-corrected chi connectivity index (χ1v) is 9.63. The lowest BCUT2D eigenvalue weighted by Crippen LogP contribution is -2.15. The number of rotatable bonds is 4. The fraction of sp³-hybridized carbons (Fsp3) is 0.167. The van der Waals surface area contributed by atoms with Crippen LogP contribution in [0.5, 0.6) is 0 Å². The van der Waals surface area contributed by atoms with Crippen molar-refractivity contribution in [3.63, 3.8) is 0 Å². The van der Waals surface area contributed by atoms with Crippen LogP contribution < -0.4 is 5.14 Å². The van der Waals surface area contributed by atoms with Crippen LogP contribution in [-0.2, 0) is 16.6 Å². The number of aryl methyl sites for hydroxylation is 2. The number of ketones is 1. The van der Waals surface area contributed by atoms with Crippen LogP contribution >= 0.6 is 11.6 Å². The number of hydrogen-bond donors (Lipinski definition) is 1. The van der Waals surface area contributed by atoms with Crippen LogP contribution in [0.2, 0.25) is 5.02 Å². The number of carbonyl (C=O) groups excluding carboxylic acids is 1. The predicted octanol–water partition coefficient (Wildman–Crippen LogP) is 3.50. The maximum atomic E-state index is 13.1. The normalized spacial score (nSPS) is 11.8. The van der Waals surface area contributed by atoms with Crippen LogP contribution in [0.1, 0.15) is 28.5 Å². The summed E-state index contributed by atoms with van der Waals surface area (Å²) < 4.78 is 25.3. The molecule has 0 radical (unpaired) electrons. The average Bonchev–Trinajstić information content (AvgIpc) is 2.86. The maximum absolute atomic E-state index is 13.1. The van der Waals surface area contributed by atoms with Crippen molar-refractivity contribution in [2.75, 3.05) is 0 Å². The van der Waals surface area contributed by atoms with Crippen LogP contribution in [0, 0.1) is 6.92 Å². The van der Waals surface area contributed by atoms with Gasteiger partial charge in [0.2, 0.25) is 15.8 Å². The number of halogens is 1. The second kappa shape index (κ2) is 6.29. The highest BCUT2D eigenvalue weighted by atomic mass is 35.5. The third-order valence-electron chi connectivity index (χ3n) is 4.26. The van der Waals surface area contributed by atoms with Crippen molar-refractivity contribution in [1.82, 2.24) is 4.57 Å². The van der Waals surface area contributed by atoms with E-state index in [1.165, 1.54) is 18.2 Å². The first-order valence-electron chi connectivity index (χ1n) is 7.70. The van der Waals surface area contributed by atoms with E-state index in [9.17, 15) is 13.2 Å². The minimum Gasteiger partial charge on any atom is -0.338 e. The van der Waals surface area contributed by atoms with Crippen LogP contribution in [0.4, 0.5) is 0 Å². The van der Waals surface area contributed by atoms with E-state index in [1.54, 1.807) is 0 Å². The van der Waals surface area contributed by atoms with E-state index in [-0.39, 0.29) is 21.3 Å². The Hall–Kier alpha value is -2.15. The molecule has 0 aliphatic rings. The number of sulfonamides is 1. The number of para-hydroxylation sites is 1. The van der Waals surface area contributed by atoms with E-state index in [0.717, 1.165) is 16.5 Å². The summed E-state index contributed by atoms with van der Waals surface area (Å²) in [4.78, 5) is 12.9. The quantitative estimate of drug-likeness (QED) is 0.707. The van der Waals surface area contributed by atoms with Crippen LogP contribution in [0.15, 0.2) is 47.4 Å². The highest BCUT2D eigenvalue weighted by Gasteiger charge is 2.23. The monoisotopic (exact) mass is 376 g/mol. The van der Waals surface area contributed by atoms with Gasteiger partial charge in [0.25, 0.3) is 0 Å². The van der Waals surface area contributed by atoms with Crippen molar-refractivity contribution < 1.29 is 13.2 Å². The smallest absolute Gasteiger partial charge is 0.239 e. The van der Waals surface area contributed by atoms with Gasteiger partial charge >= 0.3 is 0 Å². The molecule has 3 aromatic rings. The summed E-state index contributed by atoms with van der Waals surface area (Å²) in [5, 5.41) is 6.17. The number of benzene rings is 2. The van der Waals surface area contributed by atoms with Gasteiger partial charge in [-0.1, -0.05) is 29.8 Å². The van der Waals surface area contributed by atoms with Gasteiger partial charge in [0.15, 0.2) is 0 Å². The lowest BCUT2D eigenvalue weighted by atomic mass is 10.0. The molecule has 1 aromatic heterocycles. The van der Waals surface area contributed by atoms with Crippen molar-refractivity contribution in [2.45, 2.75) is 25.3 Å². The number of aromatic nitrogens is 1. The molecular weight excluding hydrogens is 360 g/mol. The number of fused-ring (bicyclic) bond motifs is 1. The van der Waals surface area contributed by atoms with E-state index >= 15 is 0 Å². The molecule has 25 heavy (non-hydrogen) atoms. The fourth-order valence-electron chi connectivity index (χ4n) is 3.10. The molecule has 0 saturated heterocycles. The minimum atomic E-state index is -4.01. The van der Waals surface area contributed by atoms with Crippen molar-refractivity contribution in [1.29, 1.82) is 0 Å². The maximum Gasteiger partial charge on any atom is 0.239 e. The molecule has 0 bridgehead atoms. The molecule has 0 atom stereocenters. The van der Waals surface area contributed by atoms with Crippen molar-refractivity contribution in [3.05, 3.63) is 64.3 Å². The molecule has 3 rings (SSSR count). The van der Waals surface area contributed by atoms with Gasteiger partial charge in [-0.25, -0.2) is 13.6 Å². The minimum absolute atomic E-state index is 0.00759. The molecule has 2 N–H and O–H groups in total. The Morgan fingerprint density at radius 3 is 2.52 bits per heavy atom. The second-order valence-corrected chi connectivity index (χ2v) is 7.69. The average molecular weight is 377 g/mol. The molecule has 0 saturated carbocycles. The number of primary sulfonamides is 1. The molecular formula is C18H17ClN2O3S. The molecule has 0 aliphatic heterocycles. The number of nitrogens with zero attached hydrogens (tertiary/aromatic N) is 1. The van der Waals surface area contributed by atoms with Crippen molar-refractivity contribution in [2.24, 2.45) is 5.14 Å². The van der Waals surface area contributed by atoms with Crippen LogP contribution in [0.3, 0.4) is 0 Å². The van der Waals surface area contributed by atoms with Gasteiger partial charge in [-0.15, -0.1) is 0 Å². The van der Waals surface area contributed by atoms with E-state index in [0.29, 0.717) is 12.2 Å². The lowest BCUT2D eigenvalue weighted by molar-refractivity contribution is 0.103. The Morgan fingerprint density at radius 1 is 1.20 bits per heavy atom. The Kier molecular flexibility index (Phi) is 4.45. The van der Waals surface area contributed by atoms with Gasteiger partial charge < -0.3 is 4.57 Å². The third kappa shape index (κ3) is 2.97. The van der Waals surface area contributed by atoms with E-state index in [1.807, 2.05) is 42.7 Å². The predicted molar refractivity (Wildman–Crippen MR) is 98.6 cm³/mol.